The Morgan fingerprint density at radius 3 is 1.18 bits per heavy atom. The zero-order chi connectivity index (χ0) is 48.7. The molecule has 0 radical (unpaired) electrons. The molecule has 4 aromatic heterocycles. The lowest BCUT2D eigenvalue weighted by molar-refractivity contribution is -0.254. The molecule has 67 heavy (non-hydrogen) atoms. The van der Waals surface area contributed by atoms with Crippen LogP contribution in [0.5, 0.6) is 11.5 Å². The van der Waals surface area contributed by atoms with Crippen molar-refractivity contribution >= 4 is 68.4 Å². The molecule has 0 spiro atoms. The maximum Gasteiger partial charge on any atom is 0.380 e. The van der Waals surface area contributed by atoms with Crippen LogP contribution in [-0.4, -0.2) is 53.1 Å². The molecule has 2 N–H and O–H groups in total. The number of ether oxygens (including phenoxy) is 2. The first kappa shape index (κ1) is 50.0. The van der Waals surface area contributed by atoms with E-state index in [-0.39, 0.29) is 46.6 Å². The lowest BCUT2D eigenvalue weighted by Gasteiger charge is -2.26. The number of halogens is 6. The van der Waals surface area contributed by atoms with Crippen LogP contribution in [0.3, 0.4) is 0 Å². The SMILES string of the molecule is CC(C)(C)c1ccc(-c2cc(C3=C(c4cc(-c5ccc(C(C)(C)C)s5)sc4-c4ccc(OCCCCC(=O)O)cc4)C(F)(F)C(F)(F)C3(F)F)c(-c3ccc(OCCCCC(=O)O)cc3)s2)s1. The lowest BCUT2D eigenvalue weighted by atomic mass is 9.92. The first-order valence-electron chi connectivity index (χ1n) is 21.7. The minimum atomic E-state index is -5.83. The van der Waals surface area contributed by atoms with Crippen LogP contribution >= 0.6 is 45.3 Å². The van der Waals surface area contributed by atoms with Crippen molar-refractivity contribution in [1.29, 1.82) is 0 Å². The van der Waals surface area contributed by atoms with E-state index in [2.05, 4.69) is 0 Å². The summed E-state index contributed by atoms with van der Waals surface area (Å²) in [5, 5.41) is 17.9. The highest BCUT2D eigenvalue weighted by atomic mass is 32.1. The van der Waals surface area contributed by atoms with Gasteiger partial charge in [-0.3, -0.25) is 9.59 Å². The number of thiophene rings is 4. The number of benzene rings is 2. The van der Waals surface area contributed by atoms with Crippen LogP contribution in [0, 0.1) is 0 Å². The topological polar surface area (TPSA) is 93.1 Å². The number of carboxylic acids is 2. The third-order valence-electron chi connectivity index (χ3n) is 11.2. The van der Waals surface area contributed by atoms with Crippen molar-refractivity contribution in [2.24, 2.45) is 0 Å². The number of rotatable bonds is 18. The van der Waals surface area contributed by atoms with Crippen LogP contribution in [-0.2, 0) is 20.4 Å². The Bertz CT molecular complexity index is 2580. The van der Waals surface area contributed by atoms with E-state index in [1.807, 2.05) is 65.8 Å². The molecule has 4 heterocycles. The van der Waals surface area contributed by atoms with Gasteiger partial charge in [0.25, 0.3) is 0 Å². The second-order valence-electron chi connectivity index (χ2n) is 18.5. The average molecular weight is 1000 g/mol. The largest absolute Gasteiger partial charge is 0.494 e. The molecule has 7 rings (SSSR count). The van der Waals surface area contributed by atoms with E-state index in [0.717, 1.165) is 32.4 Å². The molecule has 1 aliphatic rings. The van der Waals surface area contributed by atoms with E-state index in [9.17, 15) is 9.59 Å². The van der Waals surface area contributed by atoms with Crippen molar-refractivity contribution in [3.63, 3.8) is 0 Å². The van der Waals surface area contributed by atoms with E-state index >= 15 is 26.3 Å². The van der Waals surface area contributed by atoms with Crippen molar-refractivity contribution in [1.82, 2.24) is 0 Å². The molecular weight excluding hydrogens is 951 g/mol. The van der Waals surface area contributed by atoms with Crippen LogP contribution in [0.4, 0.5) is 26.3 Å². The molecule has 356 valence electrons. The normalized spacial score (nSPS) is 15.6. The summed E-state index contributed by atoms with van der Waals surface area (Å²) in [5.41, 5.74) is -3.72. The number of carboxylic acid groups (broad SMARTS) is 2. The number of hydrogen-bond acceptors (Lipinski definition) is 8. The van der Waals surface area contributed by atoms with Crippen LogP contribution in [0.2, 0.25) is 0 Å². The summed E-state index contributed by atoms with van der Waals surface area (Å²) in [6.45, 7) is 12.5. The summed E-state index contributed by atoms with van der Waals surface area (Å²) in [6, 6.07) is 22.7. The van der Waals surface area contributed by atoms with E-state index < -0.39 is 52.0 Å². The Morgan fingerprint density at radius 2 is 0.866 bits per heavy atom. The Balaban J connectivity index is 1.42. The molecule has 0 saturated carbocycles. The van der Waals surface area contributed by atoms with Gasteiger partial charge in [0.15, 0.2) is 0 Å². The van der Waals surface area contributed by atoms with Crippen LogP contribution < -0.4 is 9.47 Å². The molecule has 6 aromatic rings. The molecule has 0 bridgehead atoms. The number of hydrogen-bond donors (Lipinski definition) is 2. The summed E-state index contributed by atoms with van der Waals surface area (Å²) in [5.74, 6) is -17.6. The fourth-order valence-electron chi connectivity index (χ4n) is 7.55. The number of alkyl halides is 6. The monoisotopic (exact) mass is 1000 g/mol. The zero-order valence-corrected chi connectivity index (χ0v) is 40.9. The predicted molar refractivity (Wildman–Crippen MR) is 259 cm³/mol. The number of carbonyl (C=O) groups is 2. The van der Waals surface area contributed by atoms with Gasteiger partial charge in [-0.2, -0.15) is 26.3 Å². The maximum atomic E-state index is 17.0. The van der Waals surface area contributed by atoms with Crippen molar-refractivity contribution in [3.8, 4) is 51.9 Å². The number of unbranched alkanes of at least 4 members (excludes halogenated alkanes) is 2. The van der Waals surface area contributed by atoms with Crippen LogP contribution in [0.25, 0.3) is 51.5 Å². The highest BCUT2D eigenvalue weighted by Crippen LogP contribution is 2.67. The summed E-state index contributed by atoms with van der Waals surface area (Å²) in [7, 11) is 0. The second-order valence-corrected chi connectivity index (χ2v) is 22.7. The summed E-state index contributed by atoms with van der Waals surface area (Å²) in [6.07, 6.45) is 1.67. The Hall–Kier alpha value is -4.90. The van der Waals surface area contributed by atoms with Gasteiger partial charge in [0, 0.05) is 74.1 Å². The Labute approximate surface area is 401 Å². The quantitative estimate of drug-likeness (QED) is 0.0658. The molecule has 0 unspecified atom stereocenters. The van der Waals surface area contributed by atoms with Gasteiger partial charge in [-0.15, -0.1) is 45.3 Å². The van der Waals surface area contributed by atoms with Gasteiger partial charge >= 0.3 is 29.7 Å². The van der Waals surface area contributed by atoms with E-state index in [1.165, 1.54) is 34.8 Å². The van der Waals surface area contributed by atoms with Crippen molar-refractivity contribution in [2.45, 2.75) is 109 Å². The molecule has 16 heteroatoms. The first-order valence-corrected chi connectivity index (χ1v) is 24.9. The number of aliphatic carboxylic acids is 2. The Morgan fingerprint density at radius 1 is 0.507 bits per heavy atom. The summed E-state index contributed by atoms with van der Waals surface area (Å²) < 4.78 is 112. The van der Waals surface area contributed by atoms with Crippen molar-refractivity contribution < 1.29 is 55.6 Å². The van der Waals surface area contributed by atoms with Crippen molar-refractivity contribution in [3.05, 3.63) is 106 Å². The van der Waals surface area contributed by atoms with Gasteiger partial charge in [-0.05, 0) is 133 Å². The summed E-state index contributed by atoms with van der Waals surface area (Å²) >= 11 is 4.90. The van der Waals surface area contributed by atoms with Gasteiger partial charge in [0.1, 0.15) is 11.5 Å². The molecule has 2 aromatic carbocycles. The second kappa shape index (κ2) is 19.2. The van der Waals surface area contributed by atoms with E-state index in [1.54, 1.807) is 48.5 Å². The molecule has 0 aliphatic heterocycles. The minimum Gasteiger partial charge on any atom is -0.494 e. The fourth-order valence-corrected chi connectivity index (χ4v) is 12.2. The molecule has 0 fully saturated rings. The van der Waals surface area contributed by atoms with E-state index in [4.69, 9.17) is 19.7 Å². The van der Waals surface area contributed by atoms with Gasteiger partial charge in [0.2, 0.25) is 0 Å². The maximum absolute atomic E-state index is 17.0. The molecule has 0 amide bonds. The molecule has 0 saturated heterocycles. The molecule has 6 nitrogen and oxygen atoms in total. The van der Waals surface area contributed by atoms with Crippen LogP contribution in [0.1, 0.15) is 101 Å². The lowest BCUT2D eigenvalue weighted by Crippen LogP contribution is -2.48. The average Bonchev–Trinajstić information content (AvgIpc) is 4.09. The summed E-state index contributed by atoms with van der Waals surface area (Å²) in [4.78, 5) is 26.2. The Kier molecular flexibility index (Phi) is 14.4. The third kappa shape index (κ3) is 10.4. The number of allylic oxidation sites excluding steroid dienone is 2. The molecular formula is C51H50F6O6S4. The standard InChI is InChI=1S/C51H50F6O6S4/c1-47(2,3)39-23-21-35(64-39)37-27-33(45(66-37)29-13-17-31(18-14-29)62-25-9-7-11-41(58)59)43-44(50(54,55)51(56,57)49(43,52)53)34-28-38(36-22-24-40(65-36)48(4,5)6)67-46(34)30-15-19-32(20-16-30)63-26-10-8-12-42(60)61/h13-24,27-28H,7-12,25-26H2,1-6H3,(H,58,59)(H,60,61). The third-order valence-corrected chi connectivity index (χ3v) is 17.0. The van der Waals surface area contributed by atoms with Gasteiger partial charge < -0.3 is 19.7 Å². The zero-order valence-electron chi connectivity index (χ0n) is 37.7. The van der Waals surface area contributed by atoms with Gasteiger partial charge in [-0.25, -0.2) is 0 Å². The first-order chi connectivity index (χ1) is 31.4. The smallest absolute Gasteiger partial charge is 0.380 e. The predicted octanol–water partition coefficient (Wildman–Crippen LogP) is 16.3. The van der Waals surface area contributed by atoms with E-state index in [0.29, 0.717) is 67.8 Å². The molecule has 1 aliphatic carbocycles. The minimum absolute atomic E-state index is 0.0196. The fraction of sp³-hybridized carbons (Fsp3) is 0.373. The molecule has 0 atom stereocenters. The van der Waals surface area contributed by atoms with Gasteiger partial charge in [-0.1, -0.05) is 41.5 Å². The highest BCUT2D eigenvalue weighted by Gasteiger charge is 2.80. The van der Waals surface area contributed by atoms with Crippen molar-refractivity contribution in [2.75, 3.05) is 13.2 Å². The highest BCUT2D eigenvalue weighted by molar-refractivity contribution is 7.24. The van der Waals surface area contributed by atoms with Crippen LogP contribution in [0.15, 0.2) is 84.9 Å². The van der Waals surface area contributed by atoms with Gasteiger partial charge in [0.05, 0.1) is 13.2 Å².